The SMILES string of the molecule is CN(CCOc1ccc(Cl)cc1)S(=O)(=O)c1ccc(C(F)(F)F)cn1. The van der Waals surface area contributed by atoms with Crippen LogP contribution in [-0.2, 0) is 16.2 Å². The molecule has 1 aromatic heterocycles. The summed E-state index contributed by atoms with van der Waals surface area (Å²) in [6.07, 6.45) is -4.08. The van der Waals surface area contributed by atoms with Crippen LogP contribution in [0.15, 0.2) is 47.6 Å². The summed E-state index contributed by atoms with van der Waals surface area (Å²) >= 11 is 5.74. The third kappa shape index (κ3) is 5.07. The minimum absolute atomic E-state index is 0.00629. The van der Waals surface area contributed by atoms with Crippen molar-refractivity contribution in [3.8, 4) is 5.75 Å². The Bertz CT molecular complexity index is 809. The molecule has 1 heterocycles. The lowest BCUT2D eigenvalue weighted by Gasteiger charge is -2.17. The Balaban J connectivity index is 1.99. The Labute approximate surface area is 148 Å². The zero-order chi connectivity index (χ0) is 18.7. The van der Waals surface area contributed by atoms with Crippen LogP contribution in [0.25, 0.3) is 0 Å². The van der Waals surface area contributed by atoms with Crippen molar-refractivity contribution in [3.63, 3.8) is 0 Å². The molecule has 0 aliphatic carbocycles. The first kappa shape index (κ1) is 19.5. The van der Waals surface area contributed by atoms with Crippen molar-refractivity contribution >= 4 is 21.6 Å². The van der Waals surface area contributed by atoms with Gasteiger partial charge in [-0.15, -0.1) is 0 Å². The van der Waals surface area contributed by atoms with Gasteiger partial charge < -0.3 is 4.74 Å². The maximum absolute atomic E-state index is 12.5. The highest BCUT2D eigenvalue weighted by atomic mass is 35.5. The van der Waals surface area contributed by atoms with Gasteiger partial charge in [-0.3, -0.25) is 0 Å². The van der Waals surface area contributed by atoms with E-state index in [4.69, 9.17) is 16.3 Å². The first-order valence-corrected chi connectivity index (χ1v) is 8.80. The van der Waals surface area contributed by atoms with E-state index in [1.807, 2.05) is 0 Å². The van der Waals surface area contributed by atoms with Crippen LogP contribution in [0.1, 0.15) is 5.56 Å². The Morgan fingerprint density at radius 1 is 1.16 bits per heavy atom. The van der Waals surface area contributed by atoms with Crippen LogP contribution >= 0.6 is 11.6 Å². The topological polar surface area (TPSA) is 59.5 Å². The molecule has 0 atom stereocenters. The van der Waals surface area contributed by atoms with Gasteiger partial charge >= 0.3 is 6.18 Å². The van der Waals surface area contributed by atoms with Crippen LogP contribution in [0.4, 0.5) is 13.2 Å². The Hall–Kier alpha value is -1.84. The lowest BCUT2D eigenvalue weighted by atomic mass is 10.3. The number of alkyl halides is 3. The molecule has 0 saturated carbocycles. The zero-order valence-electron chi connectivity index (χ0n) is 13.0. The maximum atomic E-state index is 12.5. The van der Waals surface area contributed by atoms with Crippen LogP contribution < -0.4 is 4.74 Å². The molecular formula is C15H14ClF3N2O3S. The van der Waals surface area contributed by atoms with Crippen molar-refractivity contribution < 1.29 is 26.3 Å². The van der Waals surface area contributed by atoms with Gasteiger partial charge in [0.25, 0.3) is 10.0 Å². The van der Waals surface area contributed by atoms with E-state index < -0.39 is 26.8 Å². The fourth-order valence-electron chi connectivity index (χ4n) is 1.80. The molecule has 0 aliphatic heterocycles. The van der Waals surface area contributed by atoms with E-state index in [0.717, 1.165) is 10.4 Å². The van der Waals surface area contributed by atoms with Gasteiger partial charge in [0.15, 0.2) is 5.03 Å². The van der Waals surface area contributed by atoms with Crippen molar-refractivity contribution in [2.45, 2.75) is 11.2 Å². The number of nitrogens with zero attached hydrogens (tertiary/aromatic N) is 2. The summed E-state index contributed by atoms with van der Waals surface area (Å²) in [7, 11) is -2.72. The van der Waals surface area contributed by atoms with Crippen molar-refractivity contribution in [3.05, 3.63) is 53.2 Å². The number of benzene rings is 1. The summed E-state index contributed by atoms with van der Waals surface area (Å²) in [6.45, 7) is 0.0473. The minimum atomic E-state index is -4.58. The second kappa shape index (κ2) is 7.59. The molecule has 2 rings (SSSR count). The average Bonchev–Trinajstić information content (AvgIpc) is 2.56. The number of halogens is 4. The van der Waals surface area contributed by atoms with E-state index in [0.29, 0.717) is 23.0 Å². The largest absolute Gasteiger partial charge is 0.492 e. The highest BCUT2D eigenvalue weighted by molar-refractivity contribution is 7.89. The fourth-order valence-corrected chi connectivity index (χ4v) is 2.99. The highest BCUT2D eigenvalue weighted by Crippen LogP contribution is 2.29. The number of aromatic nitrogens is 1. The van der Waals surface area contributed by atoms with Crippen molar-refractivity contribution in [1.82, 2.24) is 9.29 Å². The number of sulfonamides is 1. The Morgan fingerprint density at radius 2 is 1.80 bits per heavy atom. The van der Waals surface area contributed by atoms with E-state index >= 15 is 0 Å². The third-order valence-electron chi connectivity index (χ3n) is 3.23. The van der Waals surface area contributed by atoms with Gasteiger partial charge in [0.2, 0.25) is 0 Å². The van der Waals surface area contributed by atoms with E-state index in [1.165, 1.54) is 7.05 Å². The summed E-state index contributed by atoms with van der Waals surface area (Å²) in [5.74, 6) is 0.517. The van der Waals surface area contributed by atoms with Crippen molar-refractivity contribution in [1.29, 1.82) is 0 Å². The average molecular weight is 395 g/mol. The zero-order valence-corrected chi connectivity index (χ0v) is 14.6. The summed E-state index contributed by atoms with van der Waals surface area (Å²) in [5, 5.41) is 0.0786. The number of ether oxygens (including phenoxy) is 1. The first-order chi connectivity index (χ1) is 11.6. The standard InChI is InChI=1S/C15H14ClF3N2O3S/c1-21(8-9-24-13-5-3-12(16)4-6-13)25(22,23)14-7-2-11(10-20-14)15(17,18)19/h2-7,10H,8-9H2,1H3. The number of pyridine rings is 1. The summed E-state index contributed by atoms with van der Waals surface area (Å²) < 4.78 is 68.4. The number of rotatable bonds is 6. The molecule has 0 bridgehead atoms. The smallest absolute Gasteiger partial charge is 0.417 e. The highest BCUT2D eigenvalue weighted by Gasteiger charge is 2.32. The molecule has 10 heteroatoms. The minimum Gasteiger partial charge on any atom is -0.492 e. The molecule has 0 spiro atoms. The van der Waals surface area contributed by atoms with Crippen molar-refractivity contribution in [2.24, 2.45) is 0 Å². The van der Waals surface area contributed by atoms with Crippen LogP contribution in [0.2, 0.25) is 5.02 Å². The summed E-state index contributed by atoms with van der Waals surface area (Å²) in [4.78, 5) is 3.41. The Kier molecular flexibility index (Phi) is 5.91. The van der Waals surface area contributed by atoms with E-state index in [9.17, 15) is 21.6 Å². The van der Waals surface area contributed by atoms with Gasteiger partial charge in [-0.1, -0.05) is 11.6 Å². The number of likely N-dealkylation sites (N-methyl/N-ethyl adjacent to an activating group) is 1. The van der Waals surface area contributed by atoms with Gasteiger partial charge in [-0.2, -0.15) is 17.5 Å². The van der Waals surface area contributed by atoms with E-state index in [-0.39, 0.29) is 13.2 Å². The van der Waals surface area contributed by atoms with Crippen LogP contribution in [0.3, 0.4) is 0 Å². The van der Waals surface area contributed by atoms with Crippen LogP contribution in [-0.4, -0.2) is 37.9 Å². The molecule has 0 fully saturated rings. The van der Waals surface area contributed by atoms with Crippen LogP contribution in [0.5, 0.6) is 5.75 Å². The number of hydrogen-bond acceptors (Lipinski definition) is 4. The molecule has 136 valence electrons. The summed E-state index contributed by atoms with van der Waals surface area (Å²) in [6, 6.07) is 8.03. The lowest BCUT2D eigenvalue weighted by molar-refractivity contribution is -0.137. The maximum Gasteiger partial charge on any atom is 0.417 e. The number of hydrogen-bond donors (Lipinski definition) is 0. The molecular weight excluding hydrogens is 381 g/mol. The summed E-state index contributed by atoms with van der Waals surface area (Å²) in [5.41, 5.74) is -1.01. The second-order valence-corrected chi connectivity index (χ2v) is 7.44. The Morgan fingerprint density at radius 3 is 2.32 bits per heavy atom. The lowest BCUT2D eigenvalue weighted by Crippen LogP contribution is -2.31. The third-order valence-corrected chi connectivity index (χ3v) is 5.25. The molecule has 0 unspecified atom stereocenters. The normalized spacial score (nSPS) is 12.4. The van der Waals surface area contributed by atoms with Crippen molar-refractivity contribution in [2.75, 3.05) is 20.2 Å². The van der Waals surface area contributed by atoms with Gasteiger partial charge in [-0.05, 0) is 36.4 Å². The second-order valence-electron chi connectivity index (χ2n) is 5.01. The molecule has 25 heavy (non-hydrogen) atoms. The van der Waals surface area contributed by atoms with Gasteiger partial charge in [0.05, 0.1) is 5.56 Å². The van der Waals surface area contributed by atoms with Gasteiger partial charge in [-0.25, -0.2) is 13.4 Å². The fraction of sp³-hybridized carbons (Fsp3) is 0.267. The quantitative estimate of drug-likeness (QED) is 0.753. The molecule has 0 amide bonds. The van der Waals surface area contributed by atoms with Crippen LogP contribution in [0, 0.1) is 0 Å². The first-order valence-electron chi connectivity index (χ1n) is 6.98. The molecule has 0 radical (unpaired) electrons. The molecule has 1 aromatic carbocycles. The molecule has 0 aliphatic rings. The van der Waals surface area contributed by atoms with Gasteiger partial charge in [0, 0.05) is 24.8 Å². The van der Waals surface area contributed by atoms with E-state index in [2.05, 4.69) is 4.98 Å². The monoisotopic (exact) mass is 394 g/mol. The van der Waals surface area contributed by atoms with Gasteiger partial charge in [0.1, 0.15) is 12.4 Å². The predicted octanol–water partition coefficient (Wildman–Crippen LogP) is 3.45. The predicted molar refractivity (Wildman–Crippen MR) is 86.0 cm³/mol. The molecule has 2 aromatic rings. The molecule has 0 N–H and O–H groups in total. The molecule has 5 nitrogen and oxygen atoms in total. The van der Waals surface area contributed by atoms with E-state index in [1.54, 1.807) is 24.3 Å². The molecule has 0 saturated heterocycles.